The van der Waals surface area contributed by atoms with Gasteiger partial charge in [-0.3, -0.25) is 0 Å². The maximum atomic E-state index is 12.7. The molecule has 74 valence electrons. The monoisotopic (exact) mass is 276 g/mol. The Balaban J connectivity index is 2.83. The molecule has 0 aliphatic carbocycles. The van der Waals surface area contributed by atoms with Crippen molar-refractivity contribution >= 4 is 37.4 Å². The van der Waals surface area contributed by atoms with Crippen LogP contribution in [0, 0.1) is 6.92 Å². The highest BCUT2D eigenvalue weighted by atomic mass is 79.9. The molecule has 0 aliphatic heterocycles. The molecule has 0 fully saturated rings. The molecule has 0 unspecified atom stereocenters. The predicted molar refractivity (Wildman–Crippen MR) is 59.2 cm³/mol. The van der Waals surface area contributed by atoms with Crippen molar-refractivity contribution in [1.82, 2.24) is 0 Å². The number of aryl methyl sites for hydroxylation is 1. The zero-order valence-corrected chi connectivity index (χ0v) is 9.75. The molecule has 1 aromatic carbocycles. The van der Waals surface area contributed by atoms with Crippen LogP contribution < -0.4 is 0 Å². The summed E-state index contributed by atoms with van der Waals surface area (Å²) < 4.78 is 27.1. The summed E-state index contributed by atoms with van der Waals surface area (Å²) in [5.41, 5.74) is 1.04. The first-order valence-corrected chi connectivity index (χ1v) is 5.72. The summed E-state index contributed by atoms with van der Waals surface area (Å²) in [5, 5.41) is 2.61. The third-order valence-corrected chi connectivity index (χ3v) is 3.59. The zero-order chi connectivity index (χ0) is 10.3. The number of hydrogen-bond acceptors (Lipinski definition) is 1. The highest BCUT2D eigenvalue weighted by Gasteiger charge is 2.15. The molecule has 0 saturated carbocycles. The van der Waals surface area contributed by atoms with Crippen LogP contribution in [-0.4, -0.2) is 0 Å². The van der Waals surface area contributed by atoms with Crippen LogP contribution in [0.1, 0.15) is 17.6 Å². The lowest BCUT2D eigenvalue weighted by Crippen LogP contribution is -1.86. The van der Waals surface area contributed by atoms with Gasteiger partial charge < -0.3 is 0 Å². The van der Waals surface area contributed by atoms with E-state index in [-0.39, 0.29) is 5.56 Å². The molecule has 1 heterocycles. The lowest BCUT2D eigenvalue weighted by molar-refractivity contribution is 0.153. The number of rotatable bonds is 1. The number of alkyl halides is 2. The van der Waals surface area contributed by atoms with Gasteiger partial charge in [0.2, 0.25) is 0 Å². The second-order valence-electron chi connectivity index (χ2n) is 3.09. The van der Waals surface area contributed by atoms with E-state index in [0.717, 1.165) is 10.3 Å². The molecule has 0 aliphatic rings. The summed E-state index contributed by atoms with van der Waals surface area (Å²) in [5.74, 6) is 0. The lowest BCUT2D eigenvalue weighted by Gasteiger charge is -2.04. The normalized spacial score (nSPS) is 11.5. The first kappa shape index (κ1) is 10.1. The Morgan fingerprint density at radius 2 is 2.07 bits per heavy atom. The Kier molecular flexibility index (Phi) is 2.58. The molecule has 0 spiro atoms. The Hall–Kier alpha value is -0.480. The Bertz CT molecular complexity index is 476. The van der Waals surface area contributed by atoms with Crippen molar-refractivity contribution < 1.29 is 8.78 Å². The van der Waals surface area contributed by atoms with E-state index in [1.807, 2.05) is 18.4 Å². The molecule has 0 atom stereocenters. The molecular formula is C10H7BrF2S. The van der Waals surface area contributed by atoms with Gasteiger partial charge >= 0.3 is 0 Å². The van der Waals surface area contributed by atoms with Crippen LogP contribution in [0.4, 0.5) is 8.78 Å². The van der Waals surface area contributed by atoms with Gasteiger partial charge in [-0.15, -0.1) is 11.3 Å². The van der Waals surface area contributed by atoms with E-state index in [2.05, 4.69) is 15.9 Å². The van der Waals surface area contributed by atoms with Crippen molar-refractivity contribution in [2.75, 3.05) is 0 Å². The molecular weight excluding hydrogens is 270 g/mol. The lowest BCUT2D eigenvalue weighted by atomic mass is 10.1. The standard InChI is InChI=1S/C10H7BrF2S/c1-5-4-14-8-3-6(11)2-7(9(5)8)10(12)13/h2-4,10H,1H3. The van der Waals surface area contributed by atoms with Gasteiger partial charge in [-0.05, 0) is 30.0 Å². The molecule has 2 aromatic rings. The average Bonchev–Trinajstić information content (AvgIpc) is 2.46. The van der Waals surface area contributed by atoms with Gasteiger partial charge in [-0.25, -0.2) is 8.78 Å². The summed E-state index contributed by atoms with van der Waals surface area (Å²) >= 11 is 4.73. The largest absolute Gasteiger partial charge is 0.264 e. The first-order chi connectivity index (χ1) is 6.59. The van der Waals surface area contributed by atoms with E-state index >= 15 is 0 Å². The van der Waals surface area contributed by atoms with Crippen LogP contribution in [0.2, 0.25) is 0 Å². The summed E-state index contributed by atoms with van der Waals surface area (Å²) in [6, 6.07) is 3.37. The Morgan fingerprint density at radius 3 is 2.71 bits per heavy atom. The number of hydrogen-bond donors (Lipinski definition) is 0. The minimum atomic E-state index is -2.41. The molecule has 0 amide bonds. The minimum Gasteiger partial charge on any atom is -0.205 e. The van der Waals surface area contributed by atoms with Crippen molar-refractivity contribution in [3.63, 3.8) is 0 Å². The van der Waals surface area contributed by atoms with Crippen molar-refractivity contribution in [2.24, 2.45) is 0 Å². The van der Waals surface area contributed by atoms with E-state index in [0.29, 0.717) is 9.86 Å². The van der Waals surface area contributed by atoms with Crippen LogP contribution in [0.15, 0.2) is 22.0 Å². The van der Waals surface area contributed by atoms with E-state index in [1.165, 1.54) is 17.4 Å². The highest BCUT2D eigenvalue weighted by Crippen LogP contribution is 2.36. The summed E-state index contributed by atoms with van der Waals surface area (Å²) in [6.07, 6.45) is -2.41. The molecule has 14 heavy (non-hydrogen) atoms. The van der Waals surface area contributed by atoms with Gasteiger partial charge in [-0.2, -0.15) is 0 Å². The molecule has 1 aromatic heterocycles. The quantitative estimate of drug-likeness (QED) is 0.694. The smallest absolute Gasteiger partial charge is 0.205 e. The van der Waals surface area contributed by atoms with Gasteiger partial charge in [-0.1, -0.05) is 15.9 Å². The second kappa shape index (κ2) is 3.59. The fourth-order valence-electron chi connectivity index (χ4n) is 1.50. The molecule has 0 bridgehead atoms. The fourth-order valence-corrected chi connectivity index (χ4v) is 3.14. The molecule has 0 N–H and O–H groups in total. The van der Waals surface area contributed by atoms with E-state index in [4.69, 9.17) is 0 Å². The van der Waals surface area contributed by atoms with Gasteiger partial charge in [0.1, 0.15) is 0 Å². The maximum Gasteiger partial charge on any atom is 0.264 e. The summed E-state index contributed by atoms with van der Waals surface area (Å²) in [4.78, 5) is 0. The van der Waals surface area contributed by atoms with Gasteiger partial charge in [0.05, 0.1) is 0 Å². The van der Waals surface area contributed by atoms with Gasteiger partial charge in [0, 0.05) is 20.1 Å². The molecule has 0 radical (unpaired) electrons. The number of fused-ring (bicyclic) bond motifs is 1. The number of thiophene rings is 1. The van der Waals surface area contributed by atoms with Crippen LogP contribution in [0.25, 0.3) is 10.1 Å². The first-order valence-electron chi connectivity index (χ1n) is 4.05. The van der Waals surface area contributed by atoms with Gasteiger partial charge in [0.25, 0.3) is 6.43 Å². The predicted octanol–water partition coefficient (Wildman–Crippen LogP) is 4.91. The molecule has 0 saturated heterocycles. The molecule has 0 nitrogen and oxygen atoms in total. The highest BCUT2D eigenvalue weighted by molar-refractivity contribution is 9.10. The minimum absolute atomic E-state index is 0.119. The van der Waals surface area contributed by atoms with Crippen LogP contribution >= 0.6 is 27.3 Å². The third-order valence-electron chi connectivity index (χ3n) is 2.09. The SMILES string of the molecule is Cc1csc2cc(Br)cc(C(F)F)c12. The van der Waals surface area contributed by atoms with Crippen LogP contribution in [0.3, 0.4) is 0 Å². The summed E-state index contributed by atoms with van der Waals surface area (Å²) in [7, 11) is 0. The van der Waals surface area contributed by atoms with E-state index in [1.54, 1.807) is 0 Å². The van der Waals surface area contributed by atoms with Gasteiger partial charge in [0.15, 0.2) is 0 Å². The summed E-state index contributed by atoms with van der Waals surface area (Å²) in [6.45, 7) is 1.86. The number of halogens is 3. The van der Waals surface area contributed by atoms with Crippen molar-refractivity contribution in [3.05, 3.63) is 33.1 Å². The number of benzene rings is 1. The van der Waals surface area contributed by atoms with Crippen LogP contribution in [0.5, 0.6) is 0 Å². The van der Waals surface area contributed by atoms with Crippen molar-refractivity contribution in [3.8, 4) is 0 Å². The Morgan fingerprint density at radius 1 is 1.36 bits per heavy atom. The Labute approximate surface area is 92.7 Å². The van der Waals surface area contributed by atoms with Crippen molar-refractivity contribution in [2.45, 2.75) is 13.3 Å². The second-order valence-corrected chi connectivity index (χ2v) is 4.91. The van der Waals surface area contributed by atoms with E-state index in [9.17, 15) is 8.78 Å². The average molecular weight is 277 g/mol. The topological polar surface area (TPSA) is 0 Å². The van der Waals surface area contributed by atoms with Crippen LogP contribution in [-0.2, 0) is 0 Å². The third kappa shape index (κ3) is 1.57. The van der Waals surface area contributed by atoms with E-state index < -0.39 is 6.43 Å². The zero-order valence-electron chi connectivity index (χ0n) is 7.35. The van der Waals surface area contributed by atoms with Crippen molar-refractivity contribution in [1.29, 1.82) is 0 Å². The molecule has 4 heteroatoms. The maximum absolute atomic E-state index is 12.7. The fraction of sp³-hybridized carbons (Fsp3) is 0.200. The molecule has 2 rings (SSSR count).